The van der Waals surface area contributed by atoms with E-state index in [9.17, 15) is 22.4 Å². The van der Waals surface area contributed by atoms with Gasteiger partial charge in [0.25, 0.3) is 0 Å². The smallest absolute Gasteiger partial charge is 0.291 e. The first-order valence-corrected chi connectivity index (χ1v) is 4.79. The van der Waals surface area contributed by atoms with Crippen LogP contribution in [-0.2, 0) is 6.18 Å². The highest BCUT2D eigenvalue weighted by Crippen LogP contribution is 2.31. The first kappa shape index (κ1) is 13.3. The van der Waals surface area contributed by atoms with Gasteiger partial charge in [-0.15, -0.1) is 0 Å². The first-order valence-electron chi connectivity index (χ1n) is 3.92. The normalized spacial score (nSPS) is 11.9. The number of benzene rings is 1. The lowest BCUT2D eigenvalue weighted by atomic mass is 10.1. The average molecular weight is 275 g/mol. The number of Topliss-reactive ketones (excluding diaryl/α,β-unsaturated/α-hetero) is 1. The predicted molar refractivity (Wildman–Crippen MR) is 51.2 cm³/mol. The maximum atomic E-state index is 12.8. The van der Waals surface area contributed by atoms with Gasteiger partial charge in [0.2, 0.25) is 0 Å². The fraction of sp³-hybridized carbons (Fsp3) is 0.222. The second-order valence-electron chi connectivity index (χ2n) is 2.89. The highest BCUT2D eigenvalue weighted by atomic mass is 35.5. The fourth-order valence-electron chi connectivity index (χ4n) is 1.02. The van der Waals surface area contributed by atoms with Crippen molar-refractivity contribution in [3.8, 4) is 0 Å². The Morgan fingerprint density at radius 1 is 1.19 bits per heavy atom. The van der Waals surface area contributed by atoms with Crippen LogP contribution in [0, 0.1) is 5.82 Å². The topological polar surface area (TPSA) is 17.1 Å². The molecule has 1 rings (SSSR count). The van der Waals surface area contributed by atoms with Gasteiger partial charge in [0.05, 0.1) is 5.56 Å². The zero-order valence-corrected chi connectivity index (χ0v) is 9.00. The second-order valence-corrected chi connectivity index (χ2v) is 3.99. The monoisotopic (exact) mass is 274 g/mol. The Hall–Kier alpha value is -0.810. The van der Waals surface area contributed by atoms with E-state index in [-0.39, 0.29) is 6.07 Å². The Bertz CT molecular complexity index is 414. The lowest BCUT2D eigenvalue weighted by Gasteiger charge is -2.09. The van der Waals surface area contributed by atoms with E-state index >= 15 is 0 Å². The number of carbonyl (C=O) groups excluding carboxylic acids is 1. The van der Waals surface area contributed by atoms with Gasteiger partial charge in [-0.05, 0) is 18.2 Å². The molecule has 0 spiro atoms. The SMILES string of the molecule is O=C(c1cc(F)cc(C(F)(F)F)c1)C(Cl)Cl. The van der Waals surface area contributed by atoms with Gasteiger partial charge < -0.3 is 0 Å². The van der Waals surface area contributed by atoms with Crippen LogP contribution in [0.5, 0.6) is 0 Å². The van der Waals surface area contributed by atoms with Crippen molar-refractivity contribution in [3.63, 3.8) is 0 Å². The van der Waals surface area contributed by atoms with Crippen LogP contribution in [0.15, 0.2) is 18.2 Å². The Labute approximate surface area is 98.0 Å². The van der Waals surface area contributed by atoms with Crippen LogP contribution >= 0.6 is 23.2 Å². The highest BCUT2D eigenvalue weighted by molar-refractivity contribution is 6.55. The lowest BCUT2D eigenvalue weighted by Crippen LogP contribution is -2.12. The molecule has 0 amide bonds. The number of hydrogen-bond donors (Lipinski definition) is 0. The summed E-state index contributed by atoms with van der Waals surface area (Å²) in [6.07, 6.45) is -4.73. The summed E-state index contributed by atoms with van der Waals surface area (Å²) in [4.78, 5) is 9.65. The van der Waals surface area contributed by atoms with Crippen LogP contribution in [0.2, 0.25) is 0 Å². The highest BCUT2D eigenvalue weighted by Gasteiger charge is 2.32. The van der Waals surface area contributed by atoms with E-state index in [2.05, 4.69) is 0 Å². The standard InChI is InChI=1S/C9H4Cl2F4O/c10-8(11)7(16)4-1-5(9(13,14)15)3-6(12)2-4/h1-3,8H. The zero-order chi connectivity index (χ0) is 12.5. The molecule has 16 heavy (non-hydrogen) atoms. The van der Waals surface area contributed by atoms with Gasteiger partial charge in [0.15, 0.2) is 10.6 Å². The molecule has 0 heterocycles. The fourth-order valence-corrected chi connectivity index (χ4v) is 1.27. The van der Waals surface area contributed by atoms with E-state index in [0.29, 0.717) is 12.1 Å². The molecular formula is C9H4Cl2F4O. The van der Waals surface area contributed by atoms with E-state index in [1.807, 2.05) is 0 Å². The predicted octanol–water partition coefficient (Wildman–Crippen LogP) is 3.83. The Kier molecular flexibility index (Phi) is 3.80. The quantitative estimate of drug-likeness (QED) is 0.455. The molecule has 1 aromatic carbocycles. The van der Waals surface area contributed by atoms with E-state index in [4.69, 9.17) is 23.2 Å². The lowest BCUT2D eigenvalue weighted by molar-refractivity contribution is -0.137. The summed E-state index contributed by atoms with van der Waals surface area (Å²) in [7, 11) is 0. The van der Waals surface area contributed by atoms with Gasteiger partial charge in [-0.3, -0.25) is 4.79 Å². The summed E-state index contributed by atoms with van der Waals surface area (Å²) in [5.74, 6) is -2.15. The molecule has 0 fully saturated rings. The molecule has 1 aromatic rings. The van der Waals surface area contributed by atoms with Crippen molar-refractivity contribution in [2.75, 3.05) is 0 Å². The van der Waals surface area contributed by atoms with Gasteiger partial charge in [-0.25, -0.2) is 4.39 Å². The molecule has 0 unspecified atom stereocenters. The largest absolute Gasteiger partial charge is 0.416 e. The number of ketones is 1. The Morgan fingerprint density at radius 3 is 2.19 bits per heavy atom. The molecule has 0 aliphatic heterocycles. The molecule has 0 aromatic heterocycles. The van der Waals surface area contributed by atoms with Crippen molar-refractivity contribution in [1.82, 2.24) is 0 Å². The van der Waals surface area contributed by atoms with Crippen molar-refractivity contribution in [2.24, 2.45) is 0 Å². The minimum absolute atomic E-state index is 0.286. The summed E-state index contributed by atoms with van der Waals surface area (Å²) < 4.78 is 49.6. The number of halogens is 6. The van der Waals surface area contributed by atoms with Crippen LogP contribution in [0.1, 0.15) is 15.9 Å². The molecule has 0 radical (unpaired) electrons. The number of rotatable bonds is 2. The number of carbonyl (C=O) groups is 1. The average Bonchev–Trinajstić information content (AvgIpc) is 2.14. The van der Waals surface area contributed by atoms with E-state index in [1.165, 1.54) is 0 Å². The molecule has 0 atom stereocenters. The number of alkyl halides is 5. The molecule has 0 bridgehead atoms. The summed E-state index contributed by atoms with van der Waals surface area (Å²) in [6.45, 7) is 0. The molecule has 1 nitrogen and oxygen atoms in total. The third-order valence-electron chi connectivity index (χ3n) is 1.71. The van der Waals surface area contributed by atoms with Crippen LogP contribution < -0.4 is 0 Å². The van der Waals surface area contributed by atoms with Crippen LogP contribution in [0.25, 0.3) is 0 Å². The van der Waals surface area contributed by atoms with Crippen molar-refractivity contribution in [2.45, 2.75) is 11.0 Å². The van der Waals surface area contributed by atoms with Gasteiger partial charge >= 0.3 is 6.18 Å². The number of hydrogen-bond acceptors (Lipinski definition) is 1. The molecule has 0 saturated carbocycles. The summed E-state index contributed by atoms with van der Waals surface area (Å²) in [5, 5.41) is 0. The minimum Gasteiger partial charge on any atom is -0.291 e. The van der Waals surface area contributed by atoms with Crippen molar-refractivity contribution >= 4 is 29.0 Å². The van der Waals surface area contributed by atoms with Crippen LogP contribution in [-0.4, -0.2) is 10.6 Å². The van der Waals surface area contributed by atoms with Gasteiger partial charge in [0, 0.05) is 5.56 Å². The van der Waals surface area contributed by atoms with Gasteiger partial charge in [-0.1, -0.05) is 23.2 Å². The van der Waals surface area contributed by atoms with Crippen molar-refractivity contribution in [1.29, 1.82) is 0 Å². The minimum atomic E-state index is -4.73. The molecule has 0 saturated heterocycles. The van der Waals surface area contributed by atoms with E-state index < -0.39 is 33.7 Å². The maximum absolute atomic E-state index is 12.8. The molecule has 88 valence electrons. The third kappa shape index (κ3) is 3.09. The molecule has 7 heteroatoms. The second kappa shape index (κ2) is 4.59. The van der Waals surface area contributed by atoms with Crippen LogP contribution in [0.3, 0.4) is 0 Å². The van der Waals surface area contributed by atoms with E-state index in [1.54, 1.807) is 0 Å². The Balaban J connectivity index is 3.24. The van der Waals surface area contributed by atoms with Crippen molar-refractivity contribution < 1.29 is 22.4 Å². The zero-order valence-electron chi connectivity index (χ0n) is 7.49. The molecule has 0 aliphatic carbocycles. The summed E-state index contributed by atoms with van der Waals surface area (Å²) in [6, 6.07) is 1.44. The summed E-state index contributed by atoms with van der Waals surface area (Å²) in [5.41, 5.74) is -1.77. The molecule has 0 N–H and O–H groups in total. The molecule has 0 aliphatic rings. The Morgan fingerprint density at radius 2 is 1.75 bits per heavy atom. The first-order chi connectivity index (χ1) is 7.21. The van der Waals surface area contributed by atoms with Gasteiger partial charge in [0.1, 0.15) is 5.82 Å². The van der Waals surface area contributed by atoms with E-state index in [0.717, 1.165) is 0 Å². The van der Waals surface area contributed by atoms with Crippen LogP contribution in [0.4, 0.5) is 17.6 Å². The summed E-state index contributed by atoms with van der Waals surface area (Å²) >= 11 is 10.4. The third-order valence-corrected chi connectivity index (χ3v) is 2.10. The molecular weight excluding hydrogens is 271 g/mol. The maximum Gasteiger partial charge on any atom is 0.416 e. The van der Waals surface area contributed by atoms with Gasteiger partial charge in [-0.2, -0.15) is 13.2 Å². The van der Waals surface area contributed by atoms with Crippen molar-refractivity contribution in [3.05, 3.63) is 35.1 Å².